The SMILES string of the molecule is Cc1ccnc(C(NN)c2ccccc2C(F)(F)F)c1. The van der Waals surface area contributed by atoms with Gasteiger partial charge in [-0.2, -0.15) is 13.2 Å². The van der Waals surface area contributed by atoms with Crippen molar-refractivity contribution in [3.8, 4) is 0 Å². The Bertz CT molecular complexity index is 596. The van der Waals surface area contributed by atoms with Gasteiger partial charge in [0.05, 0.1) is 17.3 Å². The number of nitrogens with zero attached hydrogens (tertiary/aromatic N) is 1. The Morgan fingerprint density at radius 1 is 1.20 bits per heavy atom. The van der Waals surface area contributed by atoms with Crippen LogP contribution in [0.5, 0.6) is 0 Å². The molecule has 0 spiro atoms. The Hall–Kier alpha value is -1.92. The predicted molar refractivity (Wildman–Crippen MR) is 69.6 cm³/mol. The summed E-state index contributed by atoms with van der Waals surface area (Å²) in [5, 5.41) is 0. The molecule has 0 radical (unpaired) electrons. The van der Waals surface area contributed by atoms with Crippen molar-refractivity contribution >= 4 is 0 Å². The van der Waals surface area contributed by atoms with Gasteiger partial charge in [0.25, 0.3) is 0 Å². The summed E-state index contributed by atoms with van der Waals surface area (Å²) in [4.78, 5) is 4.10. The lowest BCUT2D eigenvalue weighted by molar-refractivity contribution is -0.138. The summed E-state index contributed by atoms with van der Waals surface area (Å²) in [6.45, 7) is 1.84. The number of hydrazine groups is 1. The molecule has 0 aliphatic carbocycles. The number of nitrogens with two attached hydrogens (primary N) is 1. The minimum atomic E-state index is -4.44. The van der Waals surface area contributed by atoms with Gasteiger partial charge in [-0.05, 0) is 36.2 Å². The Morgan fingerprint density at radius 3 is 2.50 bits per heavy atom. The third-order valence-electron chi connectivity index (χ3n) is 2.98. The fourth-order valence-corrected chi connectivity index (χ4v) is 2.06. The average Bonchev–Trinajstić information content (AvgIpc) is 2.39. The number of aryl methyl sites for hydroxylation is 1. The minimum absolute atomic E-state index is 0.0561. The second-order valence-corrected chi connectivity index (χ2v) is 4.44. The Kier molecular flexibility index (Phi) is 4.06. The number of aromatic nitrogens is 1. The van der Waals surface area contributed by atoms with Crippen molar-refractivity contribution in [2.45, 2.75) is 19.1 Å². The number of hydrogen-bond acceptors (Lipinski definition) is 3. The molecule has 1 unspecified atom stereocenters. The van der Waals surface area contributed by atoms with Crippen molar-refractivity contribution in [1.82, 2.24) is 10.4 Å². The van der Waals surface area contributed by atoms with Crippen LogP contribution in [0.4, 0.5) is 13.2 Å². The van der Waals surface area contributed by atoms with E-state index in [0.29, 0.717) is 5.69 Å². The number of rotatable bonds is 3. The van der Waals surface area contributed by atoms with E-state index in [1.165, 1.54) is 12.1 Å². The fourth-order valence-electron chi connectivity index (χ4n) is 2.06. The van der Waals surface area contributed by atoms with Gasteiger partial charge < -0.3 is 0 Å². The van der Waals surface area contributed by atoms with E-state index in [1.54, 1.807) is 24.4 Å². The van der Waals surface area contributed by atoms with Crippen LogP contribution in [0.2, 0.25) is 0 Å². The topological polar surface area (TPSA) is 50.9 Å². The van der Waals surface area contributed by atoms with Crippen LogP contribution in [0, 0.1) is 6.92 Å². The van der Waals surface area contributed by atoms with Crippen molar-refractivity contribution in [3.63, 3.8) is 0 Å². The lowest BCUT2D eigenvalue weighted by Gasteiger charge is -2.20. The molecule has 1 heterocycles. The monoisotopic (exact) mass is 281 g/mol. The largest absolute Gasteiger partial charge is 0.416 e. The molecular formula is C14H14F3N3. The van der Waals surface area contributed by atoms with Gasteiger partial charge in [0, 0.05) is 6.20 Å². The summed E-state index contributed by atoms with van der Waals surface area (Å²) >= 11 is 0. The Balaban J connectivity index is 2.53. The zero-order valence-corrected chi connectivity index (χ0v) is 10.8. The van der Waals surface area contributed by atoms with E-state index in [9.17, 15) is 13.2 Å². The van der Waals surface area contributed by atoms with Crippen LogP contribution >= 0.6 is 0 Å². The molecular weight excluding hydrogens is 267 g/mol. The third-order valence-corrected chi connectivity index (χ3v) is 2.98. The molecule has 3 N–H and O–H groups in total. The first kappa shape index (κ1) is 14.5. The van der Waals surface area contributed by atoms with Crippen molar-refractivity contribution < 1.29 is 13.2 Å². The van der Waals surface area contributed by atoms with Crippen LogP contribution in [0.1, 0.15) is 28.4 Å². The molecule has 0 aliphatic rings. The minimum Gasteiger partial charge on any atom is -0.271 e. The predicted octanol–water partition coefficient (Wildman–Crippen LogP) is 2.96. The van der Waals surface area contributed by atoms with Crippen molar-refractivity contribution in [2.24, 2.45) is 5.84 Å². The highest BCUT2D eigenvalue weighted by Crippen LogP contribution is 2.35. The van der Waals surface area contributed by atoms with E-state index >= 15 is 0 Å². The summed E-state index contributed by atoms with van der Waals surface area (Å²) in [5.41, 5.74) is 3.10. The van der Waals surface area contributed by atoms with Crippen molar-refractivity contribution in [3.05, 3.63) is 65.0 Å². The molecule has 3 nitrogen and oxygen atoms in total. The van der Waals surface area contributed by atoms with E-state index in [1.807, 2.05) is 6.92 Å². The maximum absolute atomic E-state index is 13.1. The van der Waals surface area contributed by atoms with Crippen molar-refractivity contribution in [2.75, 3.05) is 0 Å². The zero-order valence-electron chi connectivity index (χ0n) is 10.8. The fraction of sp³-hybridized carbons (Fsp3) is 0.214. The highest BCUT2D eigenvalue weighted by atomic mass is 19.4. The number of halogens is 3. The summed E-state index contributed by atoms with van der Waals surface area (Å²) in [6.07, 6.45) is -2.89. The van der Waals surface area contributed by atoms with Crippen LogP contribution in [0.3, 0.4) is 0 Å². The van der Waals surface area contributed by atoms with Gasteiger partial charge >= 0.3 is 6.18 Å². The molecule has 1 atom stereocenters. The molecule has 0 bridgehead atoms. The molecule has 6 heteroatoms. The first-order chi connectivity index (χ1) is 9.43. The van der Waals surface area contributed by atoms with Crippen molar-refractivity contribution in [1.29, 1.82) is 0 Å². The highest BCUT2D eigenvalue weighted by molar-refractivity contribution is 5.37. The molecule has 0 saturated carbocycles. The molecule has 106 valence electrons. The maximum atomic E-state index is 13.1. The third kappa shape index (κ3) is 2.97. The molecule has 2 rings (SSSR count). The molecule has 0 fully saturated rings. The lowest BCUT2D eigenvalue weighted by Crippen LogP contribution is -2.31. The van der Waals surface area contributed by atoms with Crippen LogP contribution in [-0.4, -0.2) is 4.98 Å². The smallest absolute Gasteiger partial charge is 0.271 e. The number of pyridine rings is 1. The van der Waals surface area contributed by atoms with E-state index in [-0.39, 0.29) is 5.56 Å². The summed E-state index contributed by atoms with van der Waals surface area (Å²) in [6, 6.07) is 8.00. The van der Waals surface area contributed by atoms with Gasteiger partial charge in [-0.15, -0.1) is 0 Å². The standard InChI is InChI=1S/C14H14F3N3/c1-9-6-7-19-12(8-9)13(20-18)10-4-2-3-5-11(10)14(15,16)17/h2-8,13,20H,18H2,1H3. The van der Waals surface area contributed by atoms with Crippen LogP contribution in [-0.2, 0) is 6.18 Å². The number of hydrogen-bond donors (Lipinski definition) is 2. The molecule has 20 heavy (non-hydrogen) atoms. The van der Waals surface area contributed by atoms with Gasteiger partial charge in [-0.1, -0.05) is 18.2 Å². The number of alkyl halides is 3. The van der Waals surface area contributed by atoms with Gasteiger partial charge in [0.1, 0.15) is 0 Å². The first-order valence-electron chi connectivity index (χ1n) is 5.98. The van der Waals surface area contributed by atoms with Crippen LogP contribution < -0.4 is 11.3 Å². The molecule has 0 amide bonds. The molecule has 0 saturated heterocycles. The quantitative estimate of drug-likeness (QED) is 0.671. The van der Waals surface area contributed by atoms with Gasteiger partial charge in [0.15, 0.2) is 0 Å². The van der Waals surface area contributed by atoms with E-state index < -0.39 is 17.8 Å². The summed E-state index contributed by atoms with van der Waals surface area (Å²) < 4.78 is 39.2. The van der Waals surface area contributed by atoms with E-state index in [4.69, 9.17) is 5.84 Å². The normalized spacial score (nSPS) is 13.2. The molecule has 0 aliphatic heterocycles. The molecule has 2 aromatic rings. The van der Waals surface area contributed by atoms with Gasteiger partial charge in [-0.3, -0.25) is 10.8 Å². The van der Waals surface area contributed by atoms with Crippen LogP contribution in [0.15, 0.2) is 42.6 Å². The van der Waals surface area contributed by atoms with E-state index in [0.717, 1.165) is 11.6 Å². The van der Waals surface area contributed by atoms with E-state index in [2.05, 4.69) is 10.4 Å². The second kappa shape index (κ2) is 5.60. The molecule has 1 aromatic heterocycles. The number of nitrogens with one attached hydrogen (secondary N) is 1. The lowest BCUT2D eigenvalue weighted by atomic mass is 9.97. The first-order valence-corrected chi connectivity index (χ1v) is 5.98. The van der Waals surface area contributed by atoms with Gasteiger partial charge in [-0.25, -0.2) is 5.43 Å². The zero-order chi connectivity index (χ0) is 14.8. The summed E-state index contributed by atoms with van der Waals surface area (Å²) in [5.74, 6) is 5.44. The van der Waals surface area contributed by atoms with Gasteiger partial charge in [0.2, 0.25) is 0 Å². The molecule has 1 aromatic carbocycles. The Morgan fingerprint density at radius 2 is 1.90 bits per heavy atom. The van der Waals surface area contributed by atoms with Crippen LogP contribution in [0.25, 0.3) is 0 Å². The summed E-state index contributed by atoms with van der Waals surface area (Å²) in [7, 11) is 0. The maximum Gasteiger partial charge on any atom is 0.416 e. The number of benzene rings is 1. The average molecular weight is 281 g/mol. The Labute approximate surface area is 114 Å². The second-order valence-electron chi connectivity index (χ2n) is 4.44. The highest BCUT2D eigenvalue weighted by Gasteiger charge is 2.35.